The van der Waals surface area contributed by atoms with Crippen LogP contribution in [-0.4, -0.2) is 50.2 Å². The molecule has 0 radical (unpaired) electrons. The number of imide groups is 1. The fraction of sp³-hybridized carbons (Fsp3) is 0.192. The predicted octanol–water partition coefficient (Wildman–Crippen LogP) is 2.72. The summed E-state index contributed by atoms with van der Waals surface area (Å²) in [6, 6.07) is 20.8. The molecular weight excluding hydrogens is 609 g/mol. The van der Waals surface area contributed by atoms with E-state index in [9.17, 15) is 22.8 Å². The van der Waals surface area contributed by atoms with E-state index in [2.05, 4.69) is 22.6 Å². The van der Waals surface area contributed by atoms with Crippen molar-refractivity contribution >= 4 is 56.0 Å². The van der Waals surface area contributed by atoms with Crippen molar-refractivity contribution in [3.8, 4) is 5.75 Å². The van der Waals surface area contributed by atoms with Crippen molar-refractivity contribution in [1.82, 2.24) is 4.90 Å². The van der Waals surface area contributed by atoms with Gasteiger partial charge in [0.05, 0.1) is 17.0 Å². The van der Waals surface area contributed by atoms with Crippen LogP contribution in [0, 0.1) is 3.57 Å². The molecule has 9 nitrogen and oxygen atoms in total. The molecule has 4 rings (SSSR count). The molecule has 0 aromatic heterocycles. The molecule has 11 heteroatoms. The molecule has 1 fully saturated rings. The van der Waals surface area contributed by atoms with Crippen molar-refractivity contribution in [2.75, 3.05) is 18.1 Å². The number of ether oxygens (including phenoxy) is 1. The van der Waals surface area contributed by atoms with Crippen molar-refractivity contribution in [2.24, 2.45) is 5.14 Å². The molecule has 1 heterocycles. The number of amides is 3. The Morgan fingerprint density at radius 3 is 2.27 bits per heavy atom. The molecule has 3 amide bonds. The van der Waals surface area contributed by atoms with E-state index in [1.165, 1.54) is 17.0 Å². The molecule has 1 atom stereocenters. The molecule has 3 aromatic rings. The van der Waals surface area contributed by atoms with Crippen molar-refractivity contribution in [3.63, 3.8) is 0 Å². The Morgan fingerprint density at radius 2 is 1.65 bits per heavy atom. The number of rotatable bonds is 9. The van der Waals surface area contributed by atoms with Gasteiger partial charge in [-0.25, -0.2) is 18.5 Å². The van der Waals surface area contributed by atoms with E-state index in [0.29, 0.717) is 17.9 Å². The highest BCUT2D eigenvalue weighted by Crippen LogP contribution is 2.27. The summed E-state index contributed by atoms with van der Waals surface area (Å²) >= 11 is 2.13. The van der Waals surface area contributed by atoms with Gasteiger partial charge in [-0.05, 0) is 83.1 Å². The lowest BCUT2D eigenvalue weighted by Crippen LogP contribution is -2.48. The summed E-state index contributed by atoms with van der Waals surface area (Å²) in [6.45, 7) is -0.189. The minimum Gasteiger partial charge on any atom is -0.484 e. The first-order chi connectivity index (χ1) is 17.6. The number of nitrogens with two attached hydrogens (primary N) is 1. The molecule has 1 unspecified atom stereocenters. The minimum atomic E-state index is -3.83. The number of carbonyl (C=O) groups excluding carboxylic acids is 3. The quantitative estimate of drug-likeness (QED) is 0.285. The number of carbonyl (C=O) groups is 3. The topological polar surface area (TPSA) is 127 Å². The van der Waals surface area contributed by atoms with Crippen LogP contribution in [0.15, 0.2) is 83.8 Å². The number of hydrogen-bond donors (Lipinski definition) is 1. The lowest BCUT2D eigenvalue weighted by molar-refractivity contribution is -0.140. The Morgan fingerprint density at radius 1 is 1.00 bits per heavy atom. The Labute approximate surface area is 228 Å². The summed E-state index contributed by atoms with van der Waals surface area (Å²) in [5.74, 6) is -0.816. The minimum absolute atomic E-state index is 0.0230. The van der Waals surface area contributed by atoms with Crippen LogP contribution in [0.25, 0.3) is 0 Å². The summed E-state index contributed by atoms with van der Waals surface area (Å²) in [4.78, 5) is 42.0. The molecule has 0 spiro atoms. The lowest BCUT2D eigenvalue weighted by Gasteiger charge is -2.28. The number of hydrogen-bond acceptors (Lipinski definition) is 6. The highest BCUT2D eigenvalue weighted by Gasteiger charge is 2.44. The van der Waals surface area contributed by atoms with Crippen LogP contribution in [-0.2, 0) is 30.8 Å². The fourth-order valence-electron chi connectivity index (χ4n) is 4.02. The third-order valence-corrected chi connectivity index (χ3v) is 7.55. The molecule has 1 aliphatic heterocycles. The van der Waals surface area contributed by atoms with Gasteiger partial charge >= 0.3 is 0 Å². The zero-order chi connectivity index (χ0) is 26.6. The second-order valence-corrected chi connectivity index (χ2v) is 11.2. The molecule has 0 saturated carbocycles. The number of nitrogens with zero attached hydrogens (tertiary/aromatic N) is 2. The lowest BCUT2D eigenvalue weighted by atomic mass is 10.1. The van der Waals surface area contributed by atoms with Crippen LogP contribution in [0.4, 0.5) is 5.69 Å². The largest absolute Gasteiger partial charge is 0.484 e. The van der Waals surface area contributed by atoms with Crippen molar-refractivity contribution in [2.45, 2.75) is 23.8 Å². The van der Waals surface area contributed by atoms with E-state index in [0.717, 1.165) is 14.0 Å². The average molecular weight is 633 g/mol. The van der Waals surface area contributed by atoms with Crippen LogP contribution in [0.2, 0.25) is 0 Å². The summed E-state index contributed by atoms with van der Waals surface area (Å²) in [6.07, 6.45) is 0.176. The predicted molar refractivity (Wildman–Crippen MR) is 145 cm³/mol. The summed E-state index contributed by atoms with van der Waals surface area (Å²) in [7, 11) is -3.83. The summed E-state index contributed by atoms with van der Waals surface area (Å²) in [5.41, 5.74) is 1.19. The average Bonchev–Trinajstić information content (AvgIpc) is 3.17. The normalized spacial score (nSPS) is 15.6. The van der Waals surface area contributed by atoms with Gasteiger partial charge in [0.15, 0.2) is 6.61 Å². The molecule has 2 N–H and O–H groups in total. The molecule has 37 heavy (non-hydrogen) atoms. The van der Waals surface area contributed by atoms with E-state index in [1.807, 2.05) is 6.07 Å². The van der Waals surface area contributed by atoms with Gasteiger partial charge < -0.3 is 9.64 Å². The maximum atomic E-state index is 13.4. The van der Waals surface area contributed by atoms with E-state index in [-0.39, 0.29) is 24.5 Å². The number of primary sulfonamides is 1. The number of sulfonamides is 1. The maximum Gasteiger partial charge on any atom is 0.261 e. The van der Waals surface area contributed by atoms with Crippen LogP contribution in [0.1, 0.15) is 12.0 Å². The second kappa shape index (κ2) is 11.4. The van der Waals surface area contributed by atoms with Gasteiger partial charge in [-0.2, -0.15) is 0 Å². The van der Waals surface area contributed by atoms with Gasteiger partial charge in [0, 0.05) is 10.1 Å². The first kappa shape index (κ1) is 26.8. The Bertz CT molecular complexity index is 1400. The third-order valence-electron chi connectivity index (χ3n) is 5.90. The first-order valence-electron chi connectivity index (χ1n) is 11.3. The Kier molecular flexibility index (Phi) is 8.25. The Hall–Kier alpha value is -3.29. The molecule has 0 aliphatic carbocycles. The Balaban J connectivity index is 1.54. The number of benzene rings is 3. The van der Waals surface area contributed by atoms with Crippen LogP contribution in [0.3, 0.4) is 0 Å². The molecular formula is C26H24IN3O6S. The standard InChI is InChI=1S/C26H24IN3O6S/c27-19-8-10-20(11-9-19)30-24(31)16-23(26(30)33)29(25(32)17-36-21-4-2-1-3-5-21)15-14-18-6-12-22(13-7-18)37(28,34)35/h1-13,23H,14-17H2,(H2,28,34,35). The first-order valence-corrected chi connectivity index (χ1v) is 14.0. The number of anilines is 1. The van der Waals surface area contributed by atoms with Crippen molar-refractivity contribution in [3.05, 3.63) is 88.0 Å². The zero-order valence-electron chi connectivity index (χ0n) is 19.6. The zero-order valence-corrected chi connectivity index (χ0v) is 22.6. The summed E-state index contributed by atoms with van der Waals surface area (Å²) in [5, 5.41) is 5.16. The SMILES string of the molecule is NS(=O)(=O)c1ccc(CCN(C(=O)COc2ccccc2)C2CC(=O)N(c3ccc(I)cc3)C2=O)cc1. The third kappa shape index (κ3) is 6.53. The number of halogens is 1. The number of para-hydroxylation sites is 1. The molecule has 1 saturated heterocycles. The van der Waals surface area contributed by atoms with Gasteiger partial charge in [0.25, 0.3) is 11.8 Å². The molecule has 1 aliphatic rings. The van der Waals surface area contributed by atoms with E-state index < -0.39 is 33.8 Å². The van der Waals surface area contributed by atoms with E-state index >= 15 is 0 Å². The van der Waals surface area contributed by atoms with Gasteiger partial charge in [-0.15, -0.1) is 0 Å². The van der Waals surface area contributed by atoms with Crippen LogP contribution < -0.4 is 14.8 Å². The fourth-order valence-corrected chi connectivity index (χ4v) is 4.89. The second-order valence-electron chi connectivity index (χ2n) is 8.39. The molecule has 192 valence electrons. The van der Waals surface area contributed by atoms with Gasteiger partial charge in [0.1, 0.15) is 11.8 Å². The highest BCUT2D eigenvalue weighted by molar-refractivity contribution is 14.1. The molecule has 0 bridgehead atoms. The van der Waals surface area contributed by atoms with Crippen LogP contribution in [0.5, 0.6) is 5.75 Å². The van der Waals surface area contributed by atoms with Crippen molar-refractivity contribution in [1.29, 1.82) is 0 Å². The highest BCUT2D eigenvalue weighted by atomic mass is 127. The monoisotopic (exact) mass is 633 g/mol. The van der Waals surface area contributed by atoms with Crippen molar-refractivity contribution < 1.29 is 27.5 Å². The van der Waals surface area contributed by atoms with E-state index in [1.54, 1.807) is 60.7 Å². The van der Waals surface area contributed by atoms with Crippen LogP contribution >= 0.6 is 22.6 Å². The van der Waals surface area contributed by atoms with Gasteiger partial charge in [-0.1, -0.05) is 30.3 Å². The van der Waals surface area contributed by atoms with E-state index in [4.69, 9.17) is 9.88 Å². The summed E-state index contributed by atoms with van der Waals surface area (Å²) < 4.78 is 29.6. The van der Waals surface area contributed by atoms with Gasteiger partial charge in [0.2, 0.25) is 15.9 Å². The maximum absolute atomic E-state index is 13.4. The molecule has 3 aromatic carbocycles. The smallest absolute Gasteiger partial charge is 0.261 e. The van der Waals surface area contributed by atoms with Gasteiger partial charge in [-0.3, -0.25) is 14.4 Å².